The van der Waals surface area contributed by atoms with Crippen LogP contribution in [-0.4, -0.2) is 21.0 Å². The molecule has 1 aromatic heterocycles. The average molecular weight is 691 g/mol. The number of nitrogens with zero attached hydrogens (tertiary/aromatic N) is 8. The van der Waals surface area contributed by atoms with Crippen molar-refractivity contribution in [3.8, 4) is 58.2 Å². The normalized spacial score (nSPS) is 12.7. The van der Waals surface area contributed by atoms with Crippen LogP contribution in [0.25, 0.3) is 33.9 Å². The number of nitriles is 4. The molecule has 0 fully saturated rings. The molecule has 0 N–H and O–H groups in total. The fourth-order valence-corrected chi connectivity index (χ4v) is 6.84. The first-order valence-electron chi connectivity index (χ1n) is 17.0. The van der Waals surface area contributed by atoms with Crippen LogP contribution < -0.4 is 0 Å². The van der Waals surface area contributed by atoms with Gasteiger partial charge in [-0.15, -0.1) is 0 Å². The smallest absolute Gasteiger partial charge is 0.262 e. The first kappa shape index (κ1) is 33.0. The molecular formula is C46H26N8. The van der Waals surface area contributed by atoms with Crippen LogP contribution in [0.3, 0.4) is 0 Å². The summed E-state index contributed by atoms with van der Waals surface area (Å²) in [5.74, 6) is -1.40. The Labute approximate surface area is 311 Å². The van der Waals surface area contributed by atoms with Crippen molar-refractivity contribution in [2.75, 3.05) is 0 Å². The van der Waals surface area contributed by atoms with Gasteiger partial charge in [-0.05, 0) is 36.4 Å². The molecule has 0 saturated heterocycles. The van der Waals surface area contributed by atoms with Crippen LogP contribution in [-0.2, 0) is 5.79 Å². The van der Waals surface area contributed by atoms with Gasteiger partial charge >= 0.3 is 0 Å². The van der Waals surface area contributed by atoms with Crippen molar-refractivity contribution in [1.82, 2.24) is 9.55 Å². The van der Waals surface area contributed by atoms with E-state index in [-0.39, 0.29) is 11.1 Å². The maximum Gasteiger partial charge on any atom is 0.262 e. The molecule has 0 saturated carbocycles. The lowest BCUT2D eigenvalue weighted by Gasteiger charge is -2.30. The minimum Gasteiger partial charge on any atom is -0.275 e. The summed E-state index contributed by atoms with van der Waals surface area (Å²) in [7, 11) is 0. The monoisotopic (exact) mass is 690 g/mol. The molecule has 0 amide bonds. The lowest BCUT2D eigenvalue weighted by Crippen LogP contribution is -2.32. The highest BCUT2D eigenvalue weighted by atomic mass is 15.4. The SMILES string of the molecule is N#Cc1ccc(-c2nc(-c3ccccc3)c(-c3ccccc3)n2C2(c3ccc(C#N)cc3C#N)N=C(c3ccccc3)C(c3ccccc3)=N2)c(C#N)c1. The first-order valence-corrected chi connectivity index (χ1v) is 17.0. The number of rotatable bonds is 7. The van der Waals surface area contributed by atoms with Crippen LogP contribution in [0.15, 0.2) is 168 Å². The van der Waals surface area contributed by atoms with Crippen LogP contribution in [0.2, 0.25) is 0 Å². The highest BCUT2D eigenvalue weighted by molar-refractivity contribution is 6.54. The summed E-state index contributed by atoms with van der Waals surface area (Å²) in [6.45, 7) is 0. The summed E-state index contributed by atoms with van der Waals surface area (Å²) in [5.41, 5.74) is 7.49. The van der Waals surface area contributed by atoms with Crippen molar-refractivity contribution in [2.24, 2.45) is 9.98 Å². The molecule has 0 radical (unpaired) electrons. The van der Waals surface area contributed by atoms with E-state index in [9.17, 15) is 21.0 Å². The summed E-state index contributed by atoms with van der Waals surface area (Å²) in [5, 5.41) is 41.0. The number of hydrogen-bond donors (Lipinski definition) is 0. The zero-order chi connectivity index (χ0) is 37.1. The molecule has 8 nitrogen and oxygen atoms in total. The van der Waals surface area contributed by atoms with E-state index in [1.165, 1.54) is 0 Å². The van der Waals surface area contributed by atoms with Crippen molar-refractivity contribution in [3.05, 3.63) is 197 Å². The van der Waals surface area contributed by atoms with E-state index >= 15 is 0 Å². The fraction of sp³-hybridized carbons (Fsp3) is 0.0217. The zero-order valence-electron chi connectivity index (χ0n) is 28.6. The van der Waals surface area contributed by atoms with Crippen molar-refractivity contribution < 1.29 is 0 Å². The van der Waals surface area contributed by atoms with Gasteiger partial charge in [0.15, 0.2) is 0 Å². The van der Waals surface area contributed by atoms with Gasteiger partial charge in [-0.25, -0.2) is 15.0 Å². The van der Waals surface area contributed by atoms with E-state index in [1.54, 1.807) is 36.4 Å². The largest absolute Gasteiger partial charge is 0.275 e. The third kappa shape index (κ3) is 5.60. The number of benzene rings is 6. The summed E-state index contributed by atoms with van der Waals surface area (Å²) in [6, 6.07) is 57.7. The number of imidazole rings is 1. The molecule has 0 spiro atoms. The van der Waals surface area contributed by atoms with E-state index in [0.717, 1.165) is 22.3 Å². The molecule has 7 aromatic rings. The maximum absolute atomic E-state index is 10.8. The van der Waals surface area contributed by atoms with Crippen LogP contribution >= 0.6 is 0 Å². The topological polar surface area (TPSA) is 138 Å². The summed E-state index contributed by atoms with van der Waals surface area (Å²) in [4.78, 5) is 16.5. The third-order valence-electron chi connectivity index (χ3n) is 9.28. The molecule has 0 unspecified atom stereocenters. The van der Waals surface area contributed by atoms with E-state index in [1.807, 2.05) is 126 Å². The van der Waals surface area contributed by atoms with Crippen molar-refractivity contribution in [2.45, 2.75) is 5.79 Å². The summed E-state index contributed by atoms with van der Waals surface area (Å²) in [6.07, 6.45) is 0. The van der Waals surface area contributed by atoms with Crippen molar-refractivity contribution >= 4 is 11.4 Å². The second-order valence-corrected chi connectivity index (χ2v) is 12.5. The molecule has 0 aliphatic carbocycles. The Kier molecular flexibility index (Phi) is 8.47. The lowest BCUT2D eigenvalue weighted by molar-refractivity contribution is 0.408. The molecule has 1 aliphatic rings. The summed E-state index contributed by atoms with van der Waals surface area (Å²) >= 11 is 0. The zero-order valence-corrected chi connectivity index (χ0v) is 28.6. The molecule has 8 rings (SSSR count). The predicted octanol–water partition coefficient (Wildman–Crippen LogP) is 9.02. The molecule has 54 heavy (non-hydrogen) atoms. The van der Waals surface area contributed by atoms with Gasteiger partial charge in [-0.2, -0.15) is 21.0 Å². The standard InChI is InChI=1S/C46H26N8/c47-27-31-21-23-39(37(25-31)29-49)45-51-43(35-17-9-3-10-18-35)44(36-19-11-4-12-20-36)54(45)46(40-24-22-32(28-48)26-38(40)30-50)52-41(33-13-5-1-6-14-33)42(53-46)34-15-7-2-8-16-34/h1-26H. The summed E-state index contributed by atoms with van der Waals surface area (Å²) < 4.78 is 1.91. The van der Waals surface area contributed by atoms with Gasteiger partial charge in [-0.3, -0.25) is 4.57 Å². The Morgan fingerprint density at radius 2 is 0.926 bits per heavy atom. The van der Waals surface area contributed by atoms with Crippen LogP contribution in [0.4, 0.5) is 0 Å². The molecule has 8 heteroatoms. The molecule has 0 bridgehead atoms. The van der Waals surface area contributed by atoms with Gasteiger partial charge in [0.05, 0.1) is 69.3 Å². The van der Waals surface area contributed by atoms with Gasteiger partial charge in [-0.1, -0.05) is 121 Å². The minimum absolute atomic E-state index is 0.198. The molecule has 2 heterocycles. The Hall–Kier alpha value is -8.17. The highest BCUT2D eigenvalue weighted by Crippen LogP contribution is 2.47. The third-order valence-corrected chi connectivity index (χ3v) is 9.28. The number of aliphatic imine (C=N–C) groups is 2. The Balaban J connectivity index is 1.62. The molecule has 0 atom stereocenters. The van der Waals surface area contributed by atoms with Crippen LogP contribution in [0, 0.1) is 45.3 Å². The molecule has 6 aromatic carbocycles. The van der Waals surface area contributed by atoms with Crippen molar-refractivity contribution in [1.29, 1.82) is 21.0 Å². The first-order chi connectivity index (χ1) is 26.6. The Bertz CT molecular complexity index is 2740. The van der Waals surface area contributed by atoms with E-state index in [0.29, 0.717) is 50.9 Å². The highest BCUT2D eigenvalue weighted by Gasteiger charge is 2.46. The van der Waals surface area contributed by atoms with E-state index in [2.05, 4.69) is 24.3 Å². The minimum atomic E-state index is -1.74. The van der Waals surface area contributed by atoms with Gasteiger partial charge in [0.25, 0.3) is 5.79 Å². The molecule has 250 valence electrons. The molecular weight excluding hydrogens is 665 g/mol. The second-order valence-electron chi connectivity index (χ2n) is 12.5. The van der Waals surface area contributed by atoms with Gasteiger partial charge in [0.1, 0.15) is 5.82 Å². The quantitative estimate of drug-likeness (QED) is 0.164. The van der Waals surface area contributed by atoms with Crippen LogP contribution in [0.1, 0.15) is 38.9 Å². The van der Waals surface area contributed by atoms with Crippen molar-refractivity contribution in [3.63, 3.8) is 0 Å². The van der Waals surface area contributed by atoms with Gasteiger partial charge in [0.2, 0.25) is 0 Å². The fourth-order valence-electron chi connectivity index (χ4n) is 6.84. The van der Waals surface area contributed by atoms with Gasteiger partial charge < -0.3 is 0 Å². The Morgan fingerprint density at radius 3 is 1.43 bits per heavy atom. The molecule has 1 aliphatic heterocycles. The number of aromatic nitrogens is 2. The average Bonchev–Trinajstić information content (AvgIpc) is 3.86. The maximum atomic E-state index is 10.8. The van der Waals surface area contributed by atoms with Crippen LogP contribution in [0.5, 0.6) is 0 Å². The predicted molar refractivity (Wildman–Crippen MR) is 207 cm³/mol. The van der Waals surface area contributed by atoms with E-state index < -0.39 is 5.79 Å². The van der Waals surface area contributed by atoms with Gasteiger partial charge in [0, 0.05) is 33.4 Å². The Morgan fingerprint density at radius 1 is 0.463 bits per heavy atom. The van der Waals surface area contributed by atoms with E-state index in [4.69, 9.17) is 15.0 Å². The lowest BCUT2D eigenvalue weighted by atomic mass is 9.97. The number of hydrogen-bond acceptors (Lipinski definition) is 7. The second kappa shape index (κ2) is 13.9.